The summed E-state index contributed by atoms with van der Waals surface area (Å²) in [5, 5.41) is 0. The molecule has 2 aliphatic rings. The van der Waals surface area contributed by atoms with Gasteiger partial charge in [-0.25, -0.2) is 0 Å². The van der Waals surface area contributed by atoms with E-state index in [0.717, 1.165) is 50.8 Å². The molecule has 0 aliphatic carbocycles. The number of methoxy groups -OCH3 is 1. The summed E-state index contributed by atoms with van der Waals surface area (Å²) in [6.07, 6.45) is 2.55. The molecular weight excluding hydrogens is 272 g/mol. The van der Waals surface area contributed by atoms with Gasteiger partial charge in [-0.1, -0.05) is 6.07 Å². The van der Waals surface area contributed by atoms with Crippen molar-refractivity contribution in [2.24, 2.45) is 0 Å². The first-order valence-electron chi connectivity index (χ1n) is 7.46. The van der Waals surface area contributed by atoms with Crippen LogP contribution in [0.15, 0.2) is 18.2 Å². The van der Waals surface area contributed by atoms with E-state index in [1.807, 2.05) is 12.1 Å². The third-order valence-corrected chi connectivity index (χ3v) is 3.52. The highest BCUT2D eigenvalue weighted by Gasteiger charge is 2.24. The fourth-order valence-electron chi connectivity index (χ4n) is 2.09. The number of benzene rings is 1. The van der Waals surface area contributed by atoms with Crippen molar-refractivity contribution < 1.29 is 23.7 Å². The highest BCUT2D eigenvalue weighted by atomic mass is 16.6. The number of ether oxygens (including phenoxy) is 5. The van der Waals surface area contributed by atoms with Gasteiger partial charge in [0.05, 0.1) is 26.9 Å². The molecule has 2 fully saturated rings. The highest BCUT2D eigenvalue weighted by Crippen LogP contribution is 2.29. The van der Waals surface area contributed by atoms with Crippen molar-refractivity contribution in [3.63, 3.8) is 0 Å². The Bertz CT molecular complexity index is 454. The predicted molar refractivity (Wildman–Crippen MR) is 77.1 cm³/mol. The van der Waals surface area contributed by atoms with Crippen LogP contribution in [0.4, 0.5) is 0 Å². The molecule has 5 heteroatoms. The molecule has 0 bridgehead atoms. The maximum Gasteiger partial charge on any atom is 0.161 e. The molecule has 2 saturated heterocycles. The van der Waals surface area contributed by atoms with Crippen molar-refractivity contribution in [3.05, 3.63) is 23.8 Å². The molecule has 1 aromatic carbocycles. The van der Waals surface area contributed by atoms with Crippen LogP contribution in [0.25, 0.3) is 0 Å². The molecule has 0 aromatic heterocycles. The second kappa shape index (κ2) is 7.11. The lowest BCUT2D eigenvalue weighted by molar-refractivity contribution is 0.114. The average Bonchev–Trinajstić information content (AvgIpc) is 3.38. The van der Waals surface area contributed by atoms with Gasteiger partial charge < -0.3 is 23.7 Å². The van der Waals surface area contributed by atoms with E-state index in [9.17, 15) is 0 Å². The zero-order valence-corrected chi connectivity index (χ0v) is 12.4. The minimum absolute atomic E-state index is 0.252. The fraction of sp³-hybridized carbons (Fsp3) is 0.625. The van der Waals surface area contributed by atoms with Crippen LogP contribution in [-0.2, 0) is 20.6 Å². The molecule has 0 spiro atoms. The molecule has 2 heterocycles. The average molecular weight is 294 g/mol. The minimum Gasteiger partial charge on any atom is -0.493 e. The summed E-state index contributed by atoms with van der Waals surface area (Å²) in [7, 11) is 1.67. The minimum atomic E-state index is 0.252. The van der Waals surface area contributed by atoms with E-state index in [1.54, 1.807) is 7.11 Å². The Morgan fingerprint density at radius 2 is 1.86 bits per heavy atom. The third kappa shape index (κ3) is 4.88. The van der Waals surface area contributed by atoms with Gasteiger partial charge in [-0.05, 0) is 30.5 Å². The quantitative estimate of drug-likeness (QED) is 0.487. The molecule has 0 amide bonds. The third-order valence-electron chi connectivity index (χ3n) is 3.52. The molecule has 3 rings (SSSR count). The Balaban J connectivity index is 1.42. The fourth-order valence-corrected chi connectivity index (χ4v) is 2.09. The maximum absolute atomic E-state index is 5.69. The van der Waals surface area contributed by atoms with Crippen molar-refractivity contribution in [1.29, 1.82) is 0 Å². The van der Waals surface area contributed by atoms with E-state index in [0.29, 0.717) is 12.7 Å². The van der Waals surface area contributed by atoms with Gasteiger partial charge in [0.25, 0.3) is 0 Å². The van der Waals surface area contributed by atoms with Crippen molar-refractivity contribution >= 4 is 0 Å². The van der Waals surface area contributed by atoms with Crippen LogP contribution >= 0.6 is 0 Å². The molecular formula is C16H22O5. The monoisotopic (exact) mass is 294 g/mol. The van der Waals surface area contributed by atoms with E-state index < -0.39 is 0 Å². The first-order valence-corrected chi connectivity index (χ1v) is 7.46. The second-order valence-electron chi connectivity index (χ2n) is 5.39. The van der Waals surface area contributed by atoms with Crippen LogP contribution in [0.3, 0.4) is 0 Å². The molecule has 2 atom stereocenters. The van der Waals surface area contributed by atoms with Crippen LogP contribution in [0.2, 0.25) is 0 Å². The number of hydrogen-bond donors (Lipinski definition) is 0. The Labute approximate surface area is 125 Å². The molecule has 0 saturated carbocycles. The Hall–Kier alpha value is -1.30. The lowest BCUT2D eigenvalue weighted by atomic mass is 10.1. The summed E-state index contributed by atoms with van der Waals surface area (Å²) >= 11 is 0. The lowest BCUT2D eigenvalue weighted by Gasteiger charge is -2.11. The van der Waals surface area contributed by atoms with Crippen LogP contribution in [0.5, 0.6) is 11.5 Å². The molecule has 1 aromatic rings. The molecule has 5 nitrogen and oxygen atoms in total. The summed E-state index contributed by atoms with van der Waals surface area (Å²) in [5.74, 6) is 1.55. The summed E-state index contributed by atoms with van der Waals surface area (Å²) in [5.41, 5.74) is 1.23. The van der Waals surface area contributed by atoms with Crippen LogP contribution in [0, 0.1) is 0 Å². The van der Waals surface area contributed by atoms with Gasteiger partial charge in [-0.2, -0.15) is 0 Å². The van der Waals surface area contributed by atoms with Gasteiger partial charge in [0, 0.05) is 6.61 Å². The normalized spacial score (nSPS) is 22.9. The lowest BCUT2D eigenvalue weighted by Crippen LogP contribution is -2.06. The number of aryl methyl sites for hydroxylation is 1. The van der Waals surface area contributed by atoms with Gasteiger partial charge in [-0.15, -0.1) is 0 Å². The highest BCUT2D eigenvalue weighted by molar-refractivity contribution is 5.43. The number of epoxide rings is 2. The Kier molecular flexibility index (Phi) is 4.95. The summed E-state index contributed by atoms with van der Waals surface area (Å²) in [4.78, 5) is 0. The van der Waals surface area contributed by atoms with Crippen LogP contribution < -0.4 is 9.47 Å². The van der Waals surface area contributed by atoms with Gasteiger partial charge in [0.1, 0.15) is 18.8 Å². The second-order valence-corrected chi connectivity index (χ2v) is 5.39. The van der Waals surface area contributed by atoms with Crippen LogP contribution in [-0.4, -0.2) is 52.4 Å². The topological polar surface area (TPSA) is 52.8 Å². The number of hydrogen-bond acceptors (Lipinski definition) is 5. The molecule has 116 valence electrons. The summed E-state index contributed by atoms with van der Waals surface area (Å²) in [6.45, 7) is 3.72. The van der Waals surface area contributed by atoms with Crippen molar-refractivity contribution in [2.75, 3.05) is 40.1 Å². The van der Waals surface area contributed by atoms with Crippen molar-refractivity contribution in [1.82, 2.24) is 0 Å². The van der Waals surface area contributed by atoms with Crippen LogP contribution in [0.1, 0.15) is 12.0 Å². The van der Waals surface area contributed by atoms with E-state index >= 15 is 0 Å². The van der Waals surface area contributed by atoms with Gasteiger partial charge in [0.2, 0.25) is 0 Å². The smallest absolute Gasteiger partial charge is 0.161 e. The first-order chi connectivity index (χ1) is 10.3. The predicted octanol–water partition coefficient (Wildman–Crippen LogP) is 1.82. The standard InChI is InChI=1S/C16H22O5/c1-17-16-7-12(3-2-6-18-8-13-9-19-13)4-5-15(16)21-11-14-10-20-14/h4-5,7,13-14H,2-3,6,8-11H2,1H3. The van der Waals surface area contributed by atoms with Crippen molar-refractivity contribution in [3.8, 4) is 11.5 Å². The van der Waals surface area contributed by atoms with E-state index in [1.165, 1.54) is 5.56 Å². The van der Waals surface area contributed by atoms with Gasteiger partial charge in [-0.3, -0.25) is 0 Å². The zero-order valence-electron chi connectivity index (χ0n) is 12.4. The summed E-state index contributed by atoms with van der Waals surface area (Å²) in [6, 6.07) is 6.08. The summed E-state index contributed by atoms with van der Waals surface area (Å²) < 4.78 is 26.9. The van der Waals surface area contributed by atoms with E-state index in [-0.39, 0.29) is 6.10 Å². The zero-order chi connectivity index (χ0) is 14.5. The number of rotatable bonds is 10. The molecule has 0 N–H and O–H groups in total. The van der Waals surface area contributed by atoms with Gasteiger partial charge in [0.15, 0.2) is 11.5 Å². The SMILES string of the molecule is COc1cc(CCCOCC2CO2)ccc1OCC1CO1. The largest absolute Gasteiger partial charge is 0.493 e. The van der Waals surface area contributed by atoms with E-state index in [4.69, 9.17) is 23.7 Å². The molecule has 2 aliphatic heterocycles. The maximum atomic E-state index is 5.69. The van der Waals surface area contributed by atoms with Gasteiger partial charge >= 0.3 is 0 Å². The molecule has 0 radical (unpaired) electrons. The Morgan fingerprint density at radius 1 is 1.10 bits per heavy atom. The Morgan fingerprint density at radius 3 is 2.57 bits per heavy atom. The first kappa shape index (κ1) is 14.6. The molecule has 2 unspecified atom stereocenters. The molecule has 21 heavy (non-hydrogen) atoms. The van der Waals surface area contributed by atoms with Crippen molar-refractivity contribution in [2.45, 2.75) is 25.0 Å². The van der Waals surface area contributed by atoms with E-state index in [2.05, 4.69) is 6.07 Å².